The van der Waals surface area contributed by atoms with Gasteiger partial charge in [0.25, 0.3) is 0 Å². The summed E-state index contributed by atoms with van der Waals surface area (Å²) in [5, 5.41) is 21.5. The lowest BCUT2D eigenvalue weighted by Gasteiger charge is -2.13. The molecule has 1 aromatic rings. The molecule has 2 unspecified atom stereocenters. The van der Waals surface area contributed by atoms with Crippen molar-refractivity contribution in [2.24, 2.45) is 5.92 Å². The average molecular weight is 210 g/mol. The van der Waals surface area contributed by atoms with E-state index in [1.807, 2.05) is 19.2 Å². The van der Waals surface area contributed by atoms with Crippen LogP contribution in [-0.2, 0) is 0 Å². The van der Waals surface area contributed by atoms with Crippen molar-refractivity contribution in [1.82, 2.24) is 4.98 Å². The number of nitriles is 1. The summed E-state index contributed by atoms with van der Waals surface area (Å²) in [5.41, 5.74) is 0.632. The van der Waals surface area contributed by atoms with Crippen LogP contribution in [0.4, 0.5) is 0 Å². The first-order chi connectivity index (χ1) is 6.69. The topological polar surface area (TPSA) is 56.9 Å². The van der Waals surface area contributed by atoms with Crippen molar-refractivity contribution in [3.63, 3.8) is 0 Å². The molecular weight excluding hydrogens is 196 g/mol. The summed E-state index contributed by atoms with van der Waals surface area (Å²) >= 11 is 1.50. The third-order valence-electron chi connectivity index (χ3n) is 2.09. The van der Waals surface area contributed by atoms with Gasteiger partial charge in [-0.15, -0.1) is 11.3 Å². The van der Waals surface area contributed by atoms with E-state index in [1.165, 1.54) is 11.3 Å². The van der Waals surface area contributed by atoms with Crippen LogP contribution < -0.4 is 0 Å². The number of aryl methyl sites for hydroxylation is 1. The molecule has 0 saturated heterocycles. The highest BCUT2D eigenvalue weighted by molar-refractivity contribution is 7.09. The first kappa shape index (κ1) is 11.2. The molecule has 3 nitrogen and oxygen atoms in total. The molecule has 4 heteroatoms. The van der Waals surface area contributed by atoms with Crippen molar-refractivity contribution in [2.75, 3.05) is 0 Å². The molecule has 76 valence electrons. The molecule has 0 aliphatic rings. The molecule has 1 N–H and O–H groups in total. The van der Waals surface area contributed by atoms with E-state index in [9.17, 15) is 5.11 Å². The predicted molar refractivity (Wildman–Crippen MR) is 55.8 cm³/mol. The summed E-state index contributed by atoms with van der Waals surface area (Å²) < 4.78 is 0. The van der Waals surface area contributed by atoms with Gasteiger partial charge in [0.05, 0.1) is 22.7 Å². The van der Waals surface area contributed by atoms with Gasteiger partial charge in [-0.1, -0.05) is 13.3 Å². The van der Waals surface area contributed by atoms with Gasteiger partial charge in [0.1, 0.15) is 6.10 Å². The van der Waals surface area contributed by atoms with E-state index in [4.69, 9.17) is 5.26 Å². The highest BCUT2D eigenvalue weighted by Crippen LogP contribution is 2.25. The molecule has 0 bridgehead atoms. The maximum atomic E-state index is 9.85. The molecule has 0 aliphatic carbocycles. The van der Waals surface area contributed by atoms with Gasteiger partial charge < -0.3 is 5.11 Å². The van der Waals surface area contributed by atoms with Crippen LogP contribution in [0.5, 0.6) is 0 Å². The number of hydrogen-bond donors (Lipinski definition) is 1. The lowest BCUT2D eigenvalue weighted by molar-refractivity contribution is 0.126. The van der Waals surface area contributed by atoms with Crippen LogP contribution in [0.3, 0.4) is 0 Å². The molecule has 0 saturated carbocycles. The monoisotopic (exact) mass is 210 g/mol. The second-order valence-electron chi connectivity index (χ2n) is 3.26. The molecule has 0 spiro atoms. The fourth-order valence-corrected chi connectivity index (χ4v) is 1.97. The Hall–Kier alpha value is -0.920. The zero-order valence-corrected chi connectivity index (χ0v) is 9.21. The van der Waals surface area contributed by atoms with Gasteiger partial charge >= 0.3 is 0 Å². The van der Waals surface area contributed by atoms with Gasteiger partial charge in [0.15, 0.2) is 0 Å². The fraction of sp³-hybridized carbons (Fsp3) is 0.600. The van der Waals surface area contributed by atoms with Crippen LogP contribution in [0.15, 0.2) is 5.38 Å². The zero-order valence-electron chi connectivity index (χ0n) is 8.40. The summed E-state index contributed by atoms with van der Waals surface area (Å²) in [4.78, 5) is 4.18. The van der Waals surface area contributed by atoms with E-state index in [1.54, 1.807) is 0 Å². The van der Waals surface area contributed by atoms with Crippen molar-refractivity contribution in [3.8, 4) is 6.07 Å². The number of aliphatic hydroxyl groups is 1. The Labute approximate surface area is 88.0 Å². The Kier molecular flexibility index (Phi) is 4.05. The lowest BCUT2D eigenvalue weighted by atomic mass is 9.97. The summed E-state index contributed by atoms with van der Waals surface area (Å²) in [6.45, 7) is 3.89. The van der Waals surface area contributed by atoms with Gasteiger partial charge in [0, 0.05) is 5.38 Å². The summed E-state index contributed by atoms with van der Waals surface area (Å²) in [7, 11) is 0. The molecule has 0 aliphatic heterocycles. The largest absolute Gasteiger partial charge is 0.385 e. The Balaban J connectivity index is 2.73. The smallest absolute Gasteiger partial charge is 0.113 e. The van der Waals surface area contributed by atoms with Crippen molar-refractivity contribution in [2.45, 2.75) is 32.8 Å². The van der Waals surface area contributed by atoms with Crippen molar-refractivity contribution in [3.05, 3.63) is 16.1 Å². The summed E-state index contributed by atoms with van der Waals surface area (Å²) in [6.07, 6.45) is 0.886. The quantitative estimate of drug-likeness (QED) is 0.830. The molecule has 0 radical (unpaired) electrons. The van der Waals surface area contributed by atoms with Gasteiger partial charge in [-0.05, 0) is 13.3 Å². The standard InChI is InChI=1S/C10H14N2OS/c1-3-4-8(5-11)10(13)9-6-14-7(2)12-9/h6,8,10,13H,3-4H2,1-2H3. The zero-order chi connectivity index (χ0) is 10.6. The van der Waals surface area contributed by atoms with Crippen LogP contribution in [0.2, 0.25) is 0 Å². The fourth-order valence-electron chi connectivity index (χ4n) is 1.33. The third kappa shape index (κ3) is 2.53. The van der Waals surface area contributed by atoms with Crippen LogP contribution in [0, 0.1) is 24.2 Å². The molecule has 2 atom stereocenters. The van der Waals surface area contributed by atoms with Crippen molar-refractivity contribution in [1.29, 1.82) is 5.26 Å². The van der Waals surface area contributed by atoms with Crippen molar-refractivity contribution >= 4 is 11.3 Å². The van der Waals surface area contributed by atoms with Crippen LogP contribution >= 0.6 is 11.3 Å². The Morgan fingerprint density at radius 3 is 2.86 bits per heavy atom. The van der Waals surface area contributed by atoms with Crippen LogP contribution in [0.25, 0.3) is 0 Å². The highest BCUT2D eigenvalue weighted by Gasteiger charge is 2.21. The Morgan fingerprint density at radius 1 is 1.71 bits per heavy atom. The minimum atomic E-state index is -0.732. The lowest BCUT2D eigenvalue weighted by Crippen LogP contribution is -2.11. The molecule has 0 amide bonds. The van der Waals surface area contributed by atoms with Crippen molar-refractivity contribution < 1.29 is 5.11 Å². The van der Waals surface area contributed by atoms with Gasteiger partial charge in [0.2, 0.25) is 0 Å². The molecule has 14 heavy (non-hydrogen) atoms. The van der Waals surface area contributed by atoms with E-state index < -0.39 is 6.10 Å². The predicted octanol–water partition coefficient (Wildman–Crippen LogP) is 2.42. The number of aliphatic hydroxyl groups excluding tert-OH is 1. The maximum Gasteiger partial charge on any atom is 0.113 e. The molecule has 0 fully saturated rings. The first-order valence-corrected chi connectivity index (χ1v) is 5.56. The van der Waals surface area contributed by atoms with E-state index in [2.05, 4.69) is 11.1 Å². The second kappa shape index (κ2) is 5.08. The number of rotatable bonds is 4. The minimum absolute atomic E-state index is 0.332. The molecule has 1 rings (SSSR count). The van der Waals surface area contributed by atoms with Gasteiger partial charge in [-0.3, -0.25) is 0 Å². The van der Waals surface area contributed by atoms with Crippen LogP contribution in [-0.4, -0.2) is 10.1 Å². The van der Waals surface area contributed by atoms with Gasteiger partial charge in [-0.25, -0.2) is 4.98 Å². The Morgan fingerprint density at radius 2 is 2.43 bits per heavy atom. The number of hydrogen-bond acceptors (Lipinski definition) is 4. The molecule has 0 aromatic carbocycles. The summed E-state index contributed by atoms with van der Waals surface area (Å²) in [5.74, 6) is -0.332. The molecular formula is C10H14N2OS. The Bertz CT molecular complexity index is 329. The average Bonchev–Trinajstić information content (AvgIpc) is 2.60. The first-order valence-electron chi connectivity index (χ1n) is 4.68. The highest BCUT2D eigenvalue weighted by atomic mass is 32.1. The minimum Gasteiger partial charge on any atom is -0.385 e. The molecule has 1 heterocycles. The van der Waals surface area contributed by atoms with E-state index in [0.717, 1.165) is 11.4 Å². The summed E-state index contributed by atoms with van der Waals surface area (Å²) in [6, 6.07) is 2.13. The molecule has 1 aromatic heterocycles. The van der Waals surface area contributed by atoms with Gasteiger partial charge in [-0.2, -0.15) is 5.26 Å². The number of nitrogens with zero attached hydrogens (tertiary/aromatic N) is 2. The third-order valence-corrected chi connectivity index (χ3v) is 2.88. The van der Waals surface area contributed by atoms with E-state index >= 15 is 0 Å². The number of aromatic nitrogens is 1. The maximum absolute atomic E-state index is 9.85. The van der Waals surface area contributed by atoms with E-state index in [0.29, 0.717) is 12.1 Å². The van der Waals surface area contributed by atoms with E-state index in [-0.39, 0.29) is 5.92 Å². The normalized spacial score (nSPS) is 14.7. The SMILES string of the molecule is CCCC(C#N)C(O)c1csc(C)n1. The van der Waals surface area contributed by atoms with Crippen LogP contribution in [0.1, 0.15) is 36.6 Å². The second-order valence-corrected chi connectivity index (χ2v) is 4.32. The number of thiazole rings is 1.